The van der Waals surface area contributed by atoms with Gasteiger partial charge >= 0.3 is 6.18 Å². The van der Waals surface area contributed by atoms with Gasteiger partial charge in [-0.3, -0.25) is 4.79 Å². The van der Waals surface area contributed by atoms with Crippen molar-refractivity contribution >= 4 is 5.82 Å². The highest BCUT2D eigenvalue weighted by atomic mass is 19.4. The number of nitrogens with one attached hydrogen (secondary N) is 1. The van der Waals surface area contributed by atoms with E-state index < -0.39 is 12.7 Å². The van der Waals surface area contributed by atoms with Crippen molar-refractivity contribution in [1.29, 1.82) is 0 Å². The van der Waals surface area contributed by atoms with E-state index in [2.05, 4.69) is 15.3 Å². The van der Waals surface area contributed by atoms with Crippen LogP contribution in [0.4, 0.5) is 19.0 Å². The zero-order valence-corrected chi connectivity index (χ0v) is 14.4. The second-order valence-corrected chi connectivity index (χ2v) is 6.42. The number of nitrogens with zero attached hydrogens (tertiary/aromatic N) is 5. The fraction of sp³-hybridized carbons (Fsp3) is 0.562. The van der Waals surface area contributed by atoms with Crippen molar-refractivity contribution < 1.29 is 13.2 Å². The van der Waals surface area contributed by atoms with Gasteiger partial charge in [0.2, 0.25) is 0 Å². The van der Waals surface area contributed by atoms with Crippen molar-refractivity contribution in [3.8, 4) is 0 Å². The third-order valence-corrected chi connectivity index (χ3v) is 4.42. The summed E-state index contributed by atoms with van der Waals surface area (Å²) in [6.07, 6.45) is 3.35. The van der Waals surface area contributed by atoms with Crippen molar-refractivity contribution in [3.63, 3.8) is 0 Å². The normalized spacial score (nSPS) is 18.3. The van der Waals surface area contributed by atoms with Gasteiger partial charge in [-0.25, -0.2) is 9.97 Å². The molecule has 7 nitrogen and oxygen atoms in total. The Hall–Kier alpha value is -2.36. The van der Waals surface area contributed by atoms with Gasteiger partial charge in [0.25, 0.3) is 5.56 Å². The van der Waals surface area contributed by atoms with Gasteiger partial charge in [0.05, 0.1) is 6.54 Å². The number of aryl methyl sites for hydroxylation is 1. The maximum Gasteiger partial charge on any atom is 0.406 e. The van der Waals surface area contributed by atoms with Crippen LogP contribution in [-0.4, -0.2) is 44.4 Å². The first-order chi connectivity index (χ1) is 12.3. The van der Waals surface area contributed by atoms with Crippen LogP contribution < -0.4 is 15.8 Å². The van der Waals surface area contributed by atoms with Gasteiger partial charge in [-0.15, -0.1) is 0 Å². The first-order valence-corrected chi connectivity index (χ1v) is 8.40. The standard InChI is InChI=1S/C16H21F3N6O/c1-23-7-4-21-14(15(23)26)24-6-2-3-12(10-24)22-9-13-20-5-8-25(13)11-16(17,18)19/h4-5,7-8,12,22H,2-3,6,9-11H2,1H3/t12-/m0/s1. The molecular weight excluding hydrogens is 349 g/mol. The fourth-order valence-electron chi connectivity index (χ4n) is 3.12. The summed E-state index contributed by atoms with van der Waals surface area (Å²) >= 11 is 0. The number of hydrogen-bond acceptors (Lipinski definition) is 5. The monoisotopic (exact) mass is 370 g/mol. The number of rotatable bonds is 5. The molecule has 0 aliphatic carbocycles. The molecule has 1 fully saturated rings. The lowest BCUT2D eigenvalue weighted by Crippen LogP contribution is -2.48. The quantitative estimate of drug-likeness (QED) is 0.859. The molecule has 1 atom stereocenters. The summed E-state index contributed by atoms with van der Waals surface area (Å²) in [6.45, 7) is 0.492. The summed E-state index contributed by atoms with van der Waals surface area (Å²) < 4.78 is 40.3. The minimum absolute atomic E-state index is 0.0477. The van der Waals surface area contributed by atoms with Gasteiger partial charge in [-0.1, -0.05) is 0 Å². The Labute approximate surface area is 148 Å². The van der Waals surface area contributed by atoms with E-state index in [0.29, 0.717) is 18.2 Å². The molecule has 0 radical (unpaired) electrons. The number of alkyl halides is 3. The van der Waals surface area contributed by atoms with Gasteiger partial charge in [0.1, 0.15) is 12.4 Å². The molecule has 1 aliphatic heterocycles. The molecule has 3 heterocycles. The van der Waals surface area contributed by atoms with Gasteiger partial charge in [-0.2, -0.15) is 13.2 Å². The minimum Gasteiger partial charge on any atom is -0.350 e. The molecule has 0 amide bonds. The lowest BCUT2D eigenvalue weighted by atomic mass is 10.1. The number of halogens is 3. The molecule has 142 valence electrons. The first kappa shape index (κ1) is 18.4. The van der Waals surface area contributed by atoms with E-state index in [-0.39, 0.29) is 18.1 Å². The second-order valence-electron chi connectivity index (χ2n) is 6.42. The zero-order valence-electron chi connectivity index (χ0n) is 14.4. The Bertz CT molecular complexity index is 800. The highest BCUT2D eigenvalue weighted by Crippen LogP contribution is 2.19. The third-order valence-electron chi connectivity index (χ3n) is 4.42. The molecule has 26 heavy (non-hydrogen) atoms. The smallest absolute Gasteiger partial charge is 0.350 e. The Balaban J connectivity index is 1.62. The molecule has 10 heteroatoms. The van der Waals surface area contributed by atoms with Crippen LogP contribution in [0, 0.1) is 0 Å². The predicted molar refractivity (Wildman–Crippen MR) is 89.8 cm³/mol. The maximum absolute atomic E-state index is 12.6. The fourth-order valence-corrected chi connectivity index (χ4v) is 3.12. The van der Waals surface area contributed by atoms with Gasteiger partial charge < -0.3 is 19.4 Å². The van der Waals surface area contributed by atoms with Crippen LogP contribution in [0.1, 0.15) is 18.7 Å². The topological polar surface area (TPSA) is 68.0 Å². The number of imidazole rings is 1. The van der Waals surface area contributed by atoms with Crippen molar-refractivity contribution in [2.45, 2.75) is 38.1 Å². The molecule has 0 spiro atoms. The van der Waals surface area contributed by atoms with E-state index in [1.807, 2.05) is 4.90 Å². The minimum atomic E-state index is -4.28. The van der Waals surface area contributed by atoms with Crippen LogP contribution in [0.25, 0.3) is 0 Å². The Morgan fingerprint density at radius 2 is 2.04 bits per heavy atom. The molecule has 3 rings (SSSR count). The van der Waals surface area contributed by atoms with Crippen LogP contribution in [0.5, 0.6) is 0 Å². The highest BCUT2D eigenvalue weighted by molar-refractivity contribution is 5.36. The highest BCUT2D eigenvalue weighted by Gasteiger charge is 2.29. The summed E-state index contributed by atoms with van der Waals surface area (Å²) in [6, 6.07) is 0.0477. The second kappa shape index (κ2) is 7.48. The van der Waals surface area contributed by atoms with Crippen LogP contribution in [0.15, 0.2) is 29.6 Å². The number of aromatic nitrogens is 4. The van der Waals surface area contributed by atoms with Crippen LogP contribution in [0.2, 0.25) is 0 Å². The molecular formula is C16H21F3N6O. The molecule has 2 aromatic heterocycles. The molecule has 0 saturated carbocycles. The van der Waals surface area contributed by atoms with E-state index >= 15 is 0 Å². The summed E-state index contributed by atoms with van der Waals surface area (Å²) in [7, 11) is 1.67. The van der Waals surface area contributed by atoms with Crippen molar-refractivity contribution in [3.05, 3.63) is 41.0 Å². The summed E-state index contributed by atoms with van der Waals surface area (Å²) in [5, 5.41) is 3.26. The van der Waals surface area contributed by atoms with Crippen molar-refractivity contribution in [2.75, 3.05) is 18.0 Å². The number of hydrogen-bond donors (Lipinski definition) is 1. The van der Waals surface area contributed by atoms with Crippen molar-refractivity contribution in [1.82, 2.24) is 24.4 Å². The number of piperidine rings is 1. The third kappa shape index (κ3) is 4.43. The molecule has 0 bridgehead atoms. The molecule has 0 unspecified atom stereocenters. The average molecular weight is 370 g/mol. The Morgan fingerprint density at radius 3 is 2.81 bits per heavy atom. The summed E-state index contributed by atoms with van der Waals surface area (Å²) in [5.41, 5.74) is -0.158. The van der Waals surface area contributed by atoms with E-state index in [4.69, 9.17) is 0 Å². The van der Waals surface area contributed by atoms with E-state index in [1.165, 1.54) is 17.0 Å². The first-order valence-electron chi connectivity index (χ1n) is 8.40. The SMILES string of the molecule is Cn1ccnc(N2CCC[C@H](NCc3nccn3CC(F)(F)F)C2)c1=O. The Kier molecular flexibility index (Phi) is 5.30. The van der Waals surface area contributed by atoms with Crippen LogP contribution in [-0.2, 0) is 20.1 Å². The lowest BCUT2D eigenvalue weighted by molar-refractivity contribution is -0.141. The van der Waals surface area contributed by atoms with Gasteiger partial charge in [-0.05, 0) is 12.8 Å². The maximum atomic E-state index is 12.6. The summed E-state index contributed by atoms with van der Waals surface area (Å²) in [5.74, 6) is 0.744. The lowest BCUT2D eigenvalue weighted by Gasteiger charge is -2.33. The predicted octanol–water partition coefficient (Wildman–Crippen LogP) is 1.30. The van der Waals surface area contributed by atoms with Crippen molar-refractivity contribution in [2.24, 2.45) is 7.05 Å². The zero-order chi connectivity index (χ0) is 18.7. The molecule has 2 aromatic rings. The molecule has 0 aromatic carbocycles. The van der Waals surface area contributed by atoms with Gasteiger partial charge in [0, 0.05) is 51.0 Å². The molecule has 1 aliphatic rings. The van der Waals surface area contributed by atoms with E-state index in [9.17, 15) is 18.0 Å². The van der Waals surface area contributed by atoms with E-state index in [0.717, 1.165) is 24.0 Å². The molecule has 1 saturated heterocycles. The summed E-state index contributed by atoms with van der Waals surface area (Å²) in [4.78, 5) is 22.3. The van der Waals surface area contributed by atoms with Crippen LogP contribution in [0.3, 0.4) is 0 Å². The van der Waals surface area contributed by atoms with Gasteiger partial charge in [0.15, 0.2) is 5.82 Å². The average Bonchev–Trinajstić information content (AvgIpc) is 3.01. The van der Waals surface area contributed by atoms with Crippen LogP contribution >= 0.6 is 0 Å². The largest absolute Gasteiger partial charge is 0.406 e. The molecule has 1 N–H and O–H groups in total. The number of anilines is 1. The van der Waals surface area contributed by atoms with E-state index in [1.54, 1.807) is 19.4 Å². The Morgan fingerprint density at radius 1 is 1.27 bits per heavy atom.